The second-order valence-corrected chi connectivity index (χ2v) is 0. The summed E-state index contributed by atoms with van der Waals surface area (Å²) in [5, 5.41) is 0. The van der Waals surface area contributed by atoms with E-state index in [9.17, 15) is 0 Å². The van der Waals surface area contributed by atoms with Crippen molar-refractivity contribution in [3.63, 3.8) is 0 Å². The molecule has 0 radical (unpaired) electrons. The molecule has 0 aliphatic heterocycles. The fourth-order valence-corrected chi connectivity index (χ4v) is 0. The van der Waals surface area contributed by atoms with Gasteiger partial charge in [-0.1, -0.05) is 0 Å². The first-order valence-electron chi connectivity index (χ1n) is 0. The molecular weight excluding hydrogens is 287 g/mol. The van der Waals surface area contributed by atoms with E-state index in [2.05, 4.69) is 0 Å². The minimum atomic E-state index is 0. The van der Waals surface area contributed by atoms with Gasteiger partial charge in [0.05, 0.1) is 0 Å². The van der Waals surface area contributed by atoms with Crippen molar-refractivity contribution in [2.75, 3.05) is 0 Å². The molecule has 0 atom stereocenters. The maximum absolute atomic E-state index is 0. The zero-order chi connectivity index (χ0) is 0. The van der Waals surface area contributed by atoms with Crippen LogP contribution in [0.25, 0.3) is 24.6 Å². The Kier molecular flexibility index (Phi) is 11600. The second kappa shape index (κ2) is 202. The van der Waals surface area contributed by atoms with Crippen LogP contribution in [0, 0.1) is 0 Å². The first-order valence-corrected chi connectivity index (χ1v) is 0. The van der Waals surface area contributed by atoms with Crippen molar-refractivity contribution < 1.29 is 33.5 Å². The van der Waals surface area contributed by atoms with E-state index < -0.39 is 0 Å². The van der Waals surface area contributed by atoms with Crippen molar-refractivity contribution in [1.29, 1.82) is 0 Å². The van der Waals surface area contributed by atoms with Gasteiger partial charge in [-0.15, -0.1) is 0 Å². The standard InChI is InChI=1S/ClH.4H2N.Pt/h1H;4*1H2;/q;4*-1;+2/p-1. The minimum absolute atomic E-state index is 0. The Morgan fingerprint density at radius 2 is 0.500 bits per heavy atom. The van der Waals surface area contributed by atoms with Gasteiger partial charge in [-0.05, 0) is 0 Å². The third-order valence-electron chi connectivity index (χ3n) is 0. The van der Waals surface area contributed by atoms with Gasteiger partial charge < -0.3 is 37.0 Å². The largest absolute Gasteiger partial charge is 2.00 e. The van der Waals surface area contributed by atoms with Gasteiger partial charge in [0.2, 0.25) is 0 Å². The second-order valence-electron chi connectivity index (χ2n) is 0. The molecule has 0 bridgehead atoms. The number of nitrogens with two attached hydrogens (primary N) is 4. The van der Waals surface area contributed by atoms with E-state index in [1.165, 1.54) is 0 Å². The van der Waals surface area contributed by atoms with Gasteiger partial charge in [0.15, 0.2) is 0 Å². The molecule has 0 fully saturated rings. The molecule has 0 saturated carbocycles. The van der Waals surface area contributed by atoms with Crippen molar-refractivity contribution in [2.24, 2.45) is 0 Å². The van der Waals surface area contributed by atoms with Crippen LogP contribution < -0.4 is 12.4 Å². The van der Waals surface area contributed by atoms with E-state index in [0.717, 1.165) is 0 Å². The summed E-state index contributed by atoms with van der Waals surface area (Å²) >= 11 is 0. The summed E-state index contributed by atoms with van der Waals surface area (Å²) in [6.45, 7) is 0. The molecule has 48 valence electrons. The molecule has 0 rings (SSSR count). The Morgan fingerprint density at radius 1 is 0.500 bits per heavy atom. The molecule has 0 aromatic rings. The maximum Gasteiger partial charge on any atom is 2.00 e. The fourth-order valence-electron chi connectivity index (χ4n) is 0. The topological polar surface area (TPSA) is 134 Å². The molecule has 6 heteroatoms. The molecule has 0 aliphatic rings. The number of hydrogen-bond acceptors (Lipinski definition) is 0. The SMILES string of the molecule is [Cl-].[NH2-].[NH2-].[NH2-].[NH2-].[Pt+2]. The van der Waals surface area contributed by atoms with E-state index in [0.29, 0.717) is 0 Å². The third-order valence-corrected chi connectivity index (χ3v) is 0. The molecule has 0 aromatic carbocycles. The van der Waals surface area contributed by atoms with Crippen LogP contribution in [-0.4, -0.2) is 0 Å². The van der Waals surface area contributed by atoms with Gasteiger partial charge in [0.25, 0.3) is 0 Å². The predicted molar refractivity (Wildman–Crippen MR) is 21.1 cm³/mol. The third kappa shape index (κ3) is 105. The smallest absolute Gasteiger partial charge is 1.00 e. The Bertz CT molecular complexity index is 7.51. The molecule has 0 amide bonds. The number of halogens is 1. The molecule has 8 N–H and O–H groups in total. The van der Waals surface area contributed by atoms with Crippen LogP contribution in [0.3, 0.4) is 0 Å². The summed E-state index contributed by atoms with van der Waals surface area (Å²) in [5.74, 6) is 0. The fraction of sp³-hybridized carbons (Fsp3) is 0. The maximum atomic E-state index is 0. The predicted octanol–water partition coefficient (Wildman–Crippen LogP) is -0.130. The Morgan fingerprint density at radius 3 is 0.500 bits per heavy atom. The Balaban J connectivity index is 0. The van der Waals surface area contributed by atoms with Crippen LogP contribution in [0.2, 0.25) is 0 Å². The molecular formula is H8ClN4Pt-3. The van der Waals surface area contributed by atoms with Gasteiger partial charge in [0.1, 0.15) is 0 Å². The van der Waals surface area contributed by atoms with Gasteiger partial charge in [0, 0.05) is 0 Å². The molecule has 0 heterocycles. The summed E-state index contributed by atoms with van der Waals surface area (Å²) in [4.78, 5) is 0. The monoisotopic (exact) mass is 294 g/mol. The van der Waals surface area contributed by atoms with Crippen LogP contribution in [0.4, 0.5) is 0 Å². The average molecular weight is 295 g/mol. The first kappa shape index (κ1) is 345. The Hall–Kier alpha value is 0.818. The van der Waals surface area contributed by atoms with Gasteiger partial charge in [-0.2, -0.15) is 0 Å². The van der Waals surface area contributed by atoms with E-state index in [1.54, 1.807) is 0 Å². The van der Waals surface area contributed by atoms with Gasteiger partial charge >= 0.3 is 21.1 Å². The summed E-state index contributed by atoms with van der Waals surface area (Å²) in [7, 11) is 0. The molecule has 0 unspecified atom stereocenters. The normalized spacial score (nSPS) is 0. The van der Waals surface area contributed by atoms with Crippen molar-refractivity contribution >= 4 is 0 Å². The molecule has 0 saturated heterocycles. The Labute approximate surface area is 58.5 Å². The van der Waals surface area contributed by atoms with Crippen LogP contribution >= 0.6 is 0 Å². The first-order chi connectivity index (χ1) is 0. The van der Waals surface area contributed by atoms with Crippen molar-refractivity contribution in [3.05, 3.63) is 24.6 Å². The zero-order valence-electron chi connectivity index (χ0n) is 3.00. The van der Waals surface area contributed by atoms with Crippen molar-refractivity contribution in [3.8, 4) is 0 Å². The van der Waals surface area contributed by atoms with Crippen LogP contribution in [0.5, 0.6) is 0 Å². The van der Waals surface area contributed by atoms with E-state index in [4.69, 9.17) is 0 Å². The molecule has 4 nitrogen and oxygen atoms in total. The molecule has 6 heavy (non-hydrogen) atoms. The van der Waals surface area contributed by atoms with Crippen molar-refractivity contribution in [2.45, 2.75) is 0 Å². The molecule has 0 aromatic heterocycles. The molecule has 0 aliphatic carbocycles. The van der Waals surface area contributed by atoms with Crippen molar-refractivity contribution in [1.82, 2.24) is 0 Å². The summed E-state index contributed by atoms with van der Waals surface area (Å²) < 4.78 is 0. The van der Waals surface area contributed by atoms with Gasteiger partial charge in [-0.25, -0.2) is 0 Å². The number of hydrogen-bond donors (Lipinski definition) is 0. The summed E-state index contributed by atoms with van der Waals surface area (Å²) in [5.41, 5.74) is 0. The average Bonchev–Trinajstić information content (AvgIpc) is 0. The molecule has 0 spiro atoms. The summed E-state index contributed by atoms with van der Waals surface area (Å²) in [6.07, 6.45) is 0. The van der Waals surface area contributed by atoms with E-state index in [1.807, 2.05) is 0 Å². The minimum Gasteiger partial charge on any atom is -1.00 e. The van der Waals surface area contributed by atoms with Crippen LogP contribution in [0.1, 0.15) is 0 Å². The van der Waals surface area contributed by atoms with Gasteiger partial charge in [-0.3, -0.25) is 0 Å². The number of rotatable bonds is 0. The summed E-state index contributed by atoms with van der Waals surface area (Å²) in [6, 6.07) is 0. The van der Waals surface area contributed by atoms with E-state index >= 15 is 0 Å². The quantitative estimate of drug-likeness (QED) is 0.588. The zero-order valence-corrected chi connectivity index (χ0v) is 6.03. The van der Waals surface area contributed by atoms with Crippen LogP contribution in [0.15, 0.2) is 0 Å². The van der Waals surface area contributed by atoms with Crippen LogP contribution in [-0.2, 0) is 21.1 Å². The van der Waals surface area contributed by atoms with E-state index in [-0.39, 0.29) is 58.1 Å².